The summed E-state index contributed by atoms with van der Waals surface area (Å²) in [5, 5.41) is 3.34. The van der Waals surface area contributed by atoms with Crippen LogP contribution in [0.2, 0.25) is 0 Å². The first kappa shape index (κ1) is 16.1. The van der Waals surface area contributed by atoms with Crippen LogP contribution in [-0.4, -0.2) is 38.8 Å². The van der Waals surface area contributed by atoms with E-state index >= 15 is 0 Å². The van der Waals surface area contributed by atoms with Crippen molar-refractivity contribution in [2.75, 3.05) is 23.8 Å². The lowest BCUT2D eigenvalue weighted by molar-refractivity contribution is 0.0990. The fourth-order valence-corrected chi connectivity index (χ4v) is 3.13. The molecule has 0 saturated carbocycles. The quantitative estimate of drug-likeness (QED) is 0.716. The molecule has 0 spiro atoms. The topological polar surface area (TPSA) is 119 Å². The van der Waals surface area contributed by atoms with Crippen LogP contribution < -0.4 is 20.9 Å². The minimum absolute atomic E-state index is 0.0665. The molecule has 0 radical (unpaired) electrons. The smallest absolute Gasteiger partial charge is 0.272 e. The lowest BCUT2D eigenvalue weighted by Crippen LogP contribution is -2.32. The van der Waals surface area contributed by atoms with Crippen molar-refractivity contribution in [3.8, 4) is 5.88 Å². The van der Waals surface area contributed by atoms with Crippen molar-refractivity contribution < 1.29 is 9.53 Å². The highest BCUT2D eigenvalue weighted by Gasteiger charge is 2.29. The van der Waals surface area contributed by atoms with Gasteiger partial charge in [-0.1, -0.05) is 0 Å². The van der Waals surface area contributed by atoms with Gasteiger partial charge < -0.3 is 15.4 Å². The molecule has 3 aromatic rings. The minimum Gasteiger partial charge on any atom is -0.475 e. The molecule has 0 saturated heterocycles. The standard InChI is InChI=1S/C17H18N6O3/c1-9(2)23-12-4-3-10(7-11(12)15(24)21-23)22-5-6-26-16-13(17(22)25)14(18)19-8-20-16/h3-4,7-9H,5-6H2,1-2H3,(H,21,24)(H2,18,19,20). The number of nitrogens with two attached hydrogens (primary N) is 1. The second-order valence-electron chi connectivity index (χ2n) is 6.35. The monoisotopic (exact) mass is 354 g/mol. The molecule has 9 heteroatoms. The number of aromatic nitrogens is 4. The Morgan fingerprint density at radius 1 is 1.27 bits per heavy atom. The van der Waals surface area contributed by atoms with Crippen molar-refractivity contribution in [3.05, 3.63) is 40.4 Å². The van der Waals surface area contributed by atoms with E-state index in [0.717, 1.165) is 5.52 Å². The molecule has 1 aliphatic heterocycles. The number of aromatic amines is 1. The summed E-state index contributed by atoms with van der Waals surface area (Å²) in [6, 6.07) is 5.45. The van der Waals surface area contributed by atoms with E-state index in [9.17, 15) is 9.59 Å². The summed E-state index contributed by atoms with van der Waals surface area (Å²) in [6.07, 6.45) is 1.26. The van der Waals surface area contributed by atoms with Crippen LogP contribution in [0.25, 0.3) is 10.9 Å². The number of hydrogen-bond donors (Lipinski definition) is 2. The van der Waals surface area contributed by atoms with Crippen molar-refractivity contribution >= 4 is 28.3 Å². The number of amides is 1. The first-order chi connectivity index (χ1) is 12.5. The number of carbonyl (C=O) groups is 1. The van der Waals surface area contributed by atoms with Crippen LogP contribution in [0.15, 0.2) is 29.3 Å². The number of benzene rings is 1. The molecule has 9 nitrogen and oxygen atoms in total. The Morgan fingerprint density at radius 3 is 2.85 bits per heavy atom. The van der Waals surface area contributed by atoms with E-state index < -0.39 is 0 Å². The minimum atomic E-state index is -0.352. The summed E-state index contributed by atoms with van der Waals surface area (Å²) < 4.78 is 7.33. The third kappa shape index (κ3) is 2.40. The van der Waals surface area contributed by atoms with E-state index in [-0.39, 0.29) is 41.4 Å². The Morgan fingerprint density at radius 2 is 2.08 bits per heavy atom. The Kier molecular flexibility index (Phi) is 3.64. The summed E-state index contributed by atoms with van der Waals surface area (Å²) in [6.45, 7) is 4.54. The SMILES string of the molecule is CC(C)n1[nH]c(=O)c2cc(N3CCOc4ncnc(N)c4C3=O)ccc21. The average Bonchev–Trinajstić information content (AvgIpc) is 2.84. The molecule has 2 aromatic heterocycles. The maximum absolute atomic E-state index is 13.0. The largest absolute Gasteiger partial charge is 0.475 e. The molecule has 0 unspecified atom stereocenters. The number of H-pyrrole nitrogens is 1. The van der Waals surface area contributed by atoms with Crippen molar-refractivity contribution in [2.24, 2.45) is 0 Å². The molecular weight excluding hydrogens is 336 g/mol. The molecule has 3 heterocycles. The zero-order valence-electron chi connectivity index (χ0n) is 14.4. The number of fused-ring (bicyclic) bond motifs is 2. The van der Waals surface area contributed by atoms with Crippen LogP contribution in [-0.2, 0) is 0 Å². The average molecular weight is 354 g/mol. The Labute approximate surface area is 148 Å². The summed E-state index contributed by atoms with van der Waals surface area (Å²) >= 11 is 0. The summed E-state index contributed by atoms with van der Waals surface area (Å²) in [5.74, 6) is -0.110. The van der Waals surface area contributed by atoms with E-state index in [2.05, 4.69) is 15.1 Å². The molecule has 0 aliphatic carbocycles. The van der Waals surface area contributed by atoms with Crippen LogP contribution in [0.4, 0.5) is 11.5 Å². The fraction of sp³-hybridized carbons (Fsp3) is 0.294. The molecule has 134 valence electrons. The van der Waals surface area contributed by atoms with Gasteiger partial charge in [-0.2, -0.15) is 0 Å². The molecule has 3 N–H and O–H groups in total. The van der Waals surface area contributed by atoms with Gasteiger partial charge in [0.15, 0.2) is 0 Å². The van der Waals surface area contributed by atoms with Crippen LogP contribution in [0.3, 0.4) is 0 Å². The second-order valence-corrected chi connectivity index (χ2v) is 6.35. The van der Waals surface area contributed by atoms with Gasteiger partial charge in [0, 0.05) is 11.7 Å². The molecule has 4 rings (SSSR count). The van der Waals surface area contributed by atoms with Gasteiger partial charge in [0.05, 0.1) is 17.4 Å². The fourth-order valence-electron chi connectivity index (χ4n) is 3.13. The van der Waals surface area contributed by atoms with Crippen molar-refractivity contribution in [3.63, 3.8) is 0 Å². The van der Waals surface area contributed by atoms with E-state index in [4.69, 9.17) is 10.5 Å². The third-order valence-electron chi connectivity index (χ3n) is 4.39. The molecule has 26 heavy (non-hydrogen) atoms. The number of nitrogen functional groups attached to an aromatic ring is 1. The summed E-state index contributed by atoms with van der Waals surface area (Å²) in [4.78, 5) is 34.7. The third-order valence-corrected chi connectivity index (χ3v) is 4.39. The van der Waals surface area contributed by atoms with Crippen LogP contribution in [0.5, 0.6) is 5.88 Å². The number of rotatable bonds is 2. The number of anilines is 2. The highest BCUT2D eigenvalue weighted by Crippen LogP contribution is 2.29. The molecule has 0 fully saturated rings. The molecule has 1 aliphatic rings. The maximum atomic E-state index is 13.0. The van der Waals surface area contributed by atoms with Gasteiger partial charge in [-0.3, -0.25) is 19.4 Å². The molecule has 1 amide bonds. The van der Waals surface area contributed by atoms with Crippen LogP contribution in [0, 0.1) is 0 Å². The number of nitrogens with zero attached hydrogens (tertiary/aromatic N) is 4. The van der Waals surface area contributed by atoms with Crippen molar-refractivity contribution in [1.29, 1.82) is 0 Å². The van der Waals surface area contributed by atoms with E-state index in [0.29, 0.717) is 17.6 Å². The summed E-state index contributed by atoms with van der Waals surface area (Å²) in [7, 11) is 0. The summed E-state index contributed by atoms with van der Waals surface area (Å²) in [5.41, 5.74) is 7.18. The molecular formula is C17H18N6O3. The maximum Gasteiger partial charge on any atom is 0.272 e. The molecule has 0 bridgehead atoms. The number of nitrogens with one attached hydrogen (secondary N) is 1. The van der Waals surface area contributed by atoms with Gasteiger partial charge in [0.1, 0.15) is 24.3 Å². The number of hydrogen-bond acceptors (Lipinski definition) is 6. The Balaban J connectivity index is 1.82. The van der Waals surface area contributed by atoms with Gasteiger partial charge >= 0.3 is 0 Å². The van der Waals surface area contributed by atoms with E-state index in [1.807, 2.05) is 19.9 Å². The lowest BCUT2D eigenvalue weighted by atomic mass is 10.2. The normalized spacial score (nSPS) is 14.4. The van der Waals surface area contributed by atoms with Gasteiger partial charge in [-0.25, -0.2) is 9.97 Å². The van der Waals surface area contributed by atoms with Gasteiger partial charge in [0.25, 0.3) is 11.5 Å². The van der Waals surface area contributed by atoms with Gasteiger partial charge in [-0.15, -0.1) is 0 Å². The number of carbonyl (C=O) groups excluding carboxylic acids is 1. The Bertz CT molecular complexity index is 1070. The van der Waals surface area contributed by atoms with Crippen LogP contribution in [0.1, 0.15) is 30.2 Å². The zero-order valence-corrected chi connectivity index (χ0v) is 14.4. The molecule has 1 aromatic carbocycles. The molecule has 0 atom stereocenters. The first-order valence-electron chi connectivity index (χ1n) is 8.26. The van der Waals surface area contributed by atoms with Crippen molar-refractivity contribution in [2.45, 2.75) is 19.9 Å². The second kappa shape index (κ2) is 5.87. The predicted molar refractivity (Wildman–Crippen MR) is 96.6 cm³/mol. The lowest BCUT2D eigenvalue weighted by Gasteiger charge is -2.20. The first-order valence-corrected chi connectivity index (χ1v) is 8.26. The predicted octanol–water partition coefficient (Wildman–Crippen LogP) is 1.32. The zero-order chi connectivity index (χ0) is 18.4. The highest BCUT2D eigenvalue weighted by molar-refractivity contribution is 6.11. The highest BCUT2D eigenvalue weighted by atomic mass is 16.5. The van der Waals surface area contributed by atoms with Crippen LogP contribution >= 0.6 is 0 Å². The van der Waals surface area contributed by atoms with E-state index in [1.54, 1.807) is 16.8 Å². The van der Waals surface area contributed by atoms with Crippen molar-refractivity contribution in [1.82, 2.24) is 19.7 Å². The number of ether oxygens (including phenoxy) is 1. The van der Waals surface area contributed by atoms with E-state index in [1.165, 1.54) is 11.2 Å². The van der Waals surface area contributed by atoms with Gasteiger partial charge in [-0.05, 0) is 32.0 Å². The Hall–Kier alpha value is -3.36. The van der Waals surface area contributed by atoms with Gasteiger partial charge in [0.2, 0.25) is 5.88 Å².